The summed E-state index contributed by atoms with van der Waals surface area (Å²) in [6.45, 7) is 1.77. The van der Waals surface area contributed by atoms with Crippen LogP contribution in [-0.2, 0) is 0 Å². The predicted octanol–water partition coefficient (Wildman–Crippen LogP) is 3.08. The molecule has 0 atom stereocenters. The Bertz CT molecular complexity index is 738. The lowest BCUT2D eigenvalue weighted by Gasteiger charge is -2.09. The van der Waals surface area contributed by atoms with Gasteiger partial charge in [-0.25, -0.2) is 0 Å². The van der Waals surface area contributed by atoms with E-state index in [9.17, 15) is 10.2 Å². The Balaban J connectivity index is 1.81. The van der Waals surface area contributed by atoms with Crippen molar-refractivity contribution in [2.45, 2.75) is 6.92 Å². The molecule has 23 heavy (non-hydrogen) atoms. The molecule has 0 bridgehead atoms. The van der Waals surface area contributed by atoms with Gasteiger partial charge in [0.1, 0.15) is 17.3 Å². The number of aryl methyl sites for hydroxylation is 1. The minimum atomic E-state index is 0.192. The van der Waals surface area contributed by atoms with Gasteiger partial charge in [-0.1, -0.05) is 0 Å². The lowest BCUT2D eigenvalue weighted by atomic mass is 10.3. The minimum absolute atomic E-state index is 0.192. The molecule has 0 amide bonds. The number of phenols is 2. The summed E-state index contributed by atoms with van der Waals surface area (Å²) < 4.78 is 0. The Kier molecular flexibility index (Phi) is 3.92. The van der Waals surface area contributed by atoms with E-state index in [-0.39, 0.29) is 11.5 Å². The number of phenolic OH excluding ortho intramolecular Hbond substituents is 2. The second kappa shape index (κ2) is 6.18. The number of rotatable bonds is 4. The largest absolute Gasteiger partial charge is 0.508 e. The van der Waals surface area contributed by atoms with E-state index >= 15 is 0 Å². The van der Waals surface area contributed by atoms with E-state index in [4.69, 9.17) is 0 Å². The van der Waals surface area contributed by atoms with Crippen molar-refractivity contribution < 1.29 is 10.2 Å². The predicted molar refractivity (Wildman–Crippen MR) is 87.3 cm³/mol. The van der Waals surface area contributed by atoms with Crippen molar-refractivity contribution in [3.05, 3.63) is 54.4 Å². The topological polar surface area (TPSA) is 103 Å². The van der Waals surface area contributed by atoms with Crippen LogP contribution in [0.1, 0.15) is 5.82 Å². The zero-order valence-electron chi connectivity index (χ0n) is 12.4. The van der Waals surface area contributed by atoms with E-state index in [1.54, 1.807) is 55.5 Å². The van der Waals surface area contributed by atoms with Crippen LogP contribution in [-0.4, -0.2) is 25.2 Å². The number of aromatic nitrogens is 3. The molecule has 4 N–H and O–H groups in total. The molecule has 0 aliphatic carbocycles. The van der Waals surface area contributed by atoms with E-state index in [1.165, 1.54) is 0 Å². The van der Waals surface area contributed by atoms with E-state index in [0.29, 0.717) is 17.7 Å². The number of nitrogens with zero attached hydrogens (tertiary/aromatic N) is 3. The zero-order valence-corrected chi connectivity index (χ0v) is 12.4. The van der Waals surface area contributed by atoms with Crippen LogP contribution in [0.2, 0.25) is 0 Å². The molecule has 116 valence electrons. The number of nitrogens with one attached hydrogen (secondary N) is 2. The van der Waals surface area contributed by atoms with Gasteiger partial charge in [0.05, 0.1) is 0 Å². The van der Waals surface area contributed by atoms with E-state index < -0.39 is 0 Å². The molecule has 0 saturated carbocycles. The van der Waals surface area contributed by atoms with Crippen LogP contribution in [0.3, 0.4) is 0 Å². The molecule has 1 heterocycles. The molecule has 2 aromatic carbocycles. The SMILES string of the molecule is Cc1nc(Nc2ccc(O)cc2)nc(Nc2ccc(O)cc2)n1. The normalized spacial score (nSPS) is 10.3. The Labute approximate surface area is 132 Å². The maximum Gasteiger partial charge on any atom is 0.232 e. The maximum absolute atomic E-state index is 9.30. The highest BCUT2D eigenvalue weighted by Crippen LogP contribution is 2.20. The highest BCUT2D eigenvalue weighted by Gasteiger charge is 2.05. The van der Waals surface area contributed by atoms with E-state index in [0.717, 1.165) is 11.4 Å². The molecule has 7 nitrogen and oxygen atoms in total. The van der Waals surface area contributed by atoms with Gasteiger partial charge in [0.15, 0.2) is 0 Å². The molecular weight excluding hydrogens is 294 g/mol. The van der Waals surface area contributed by atoms with Gasteiger partial charge in [0.2, 0.25) is 11.9 Å². The minimum Gasteiger partial charge on any atom is -0.508 e. The first-order valence-electron chi connectivity index (χ1n) is 6.93. The average molecular weight is 309 g/mol. The third kappa shape index (κ3) is 3.85. The number of benzene rings is 2. The van der Waals surface area contributed by atoms with Gasteiger partial charge in [0.25, 0.3) is 0 Å². The Morgan fingerprint density at radius 1 is 0.652 bits per heavy atom. The van der Waals surface area contributed by atoms with Gasteiger partial charge < -0.3 is 20.8 Å². The summed E-state index contributed by atoms with van der Waals surface area (Å²) in [7, 11) is 0. The highest BCUT2D eigenvalue weighted by atomic mass is 16.3. The molecule has 1 aromatic heterocycles. The quantitative estimate of drug-likeness (QED) is 0.549. The zero-order chi connectivity index (χ0) is 16.2. The fourth-order valence-corrected chi connectivity index (χ4v) is 1.94. The summed E-state index contributed by atoms with van der Waals surface area (Å²) in [5.41, 5.74) is 1.51. The molecule has 0 radical (unpaired) electrons. The summed E-state index contributed by atoms with van der Waals surface area (Å²) in [6.07, 6.45) is 0. The molecule has 0 aliphatic heterocycles. The molecule has 7 heteroatoms. The van der Waals surface area contributed by atoms with Crippen molar-refractivity contribution in [3.8, 4) is 11.5 Å². The van der Waals surface area contributed by atoms with Crippen molar-refractivity contribution in [2.24, 2.45) is 0 Å². The molecule has 3 rings (SSSR count). The summed E-state index contributed by atoms with van der Waals surface area (Å²) in [5, 5.41) is 24.7. The fourth-order valence-electron chi connectivity index (χ4n) is 1.94. The van der Waals surface area contributed by atoms with Crippen molar-refractivity contribution >= 4 is 23.3 Å². The molecule has 0 saturated heterocycles. The smallest absolute Gasteiger partial charge is 0.232 e. The Hall–Kier alpha value is -3.35. The molecule has 0 aliphatic rings. The van der Waals surface area contributed by atoms with Crippen LogP contribution in [0.15, 0.2) is 48.5 Å². The first-order chi connectivity index (χ1) is 11.1. The van der Waals surface area contributed by atoms with Crippen LogP contribution in [0.5, 0.6) is 11.5 Å². The van der Waals surface area contributed by atoms with Gasteiger partial charge in [-0.2, -0.15) is 15.0 Å². The summed E-state index contributed by atoms with van der Waals surface area (Å²) in [4.78, 5) is 12.8. The number of hydrogen-bond acceptors (Lipinski definition) is 7. The number of aromatic hydroxyl groups is 2. The Morgan fingerprint density at radius 3 is 1.43 bits per heavy atom. The van der Waals surface area contributed by atoms with Crippen LogP contribution in [0.4, 0.5) is 23.3 Å². The van der Waals surface area contributed by atoms with Crippen LogP contribution < -0.4 is 10.6 Å². The molecule has 0 fully saturated rings. The summed E-state index contributed by atoms with van der Waals surface area (Å²) in [6, 6.07) is 13.2. The Morgan fingerprint density at radius 2 is 1.04 bits per heavy atom. The summed E-state index contributed by atoms with van der Waals surface area (Å²) in [5.74, 6) is 1.73. The number of hydrogen-bond donors (Lipinski definition) is 4. The standard InChI is InChI=1S/C16H15N5O2/c1-10-17-15(19-11-2-6-13(22)7-3-11)21-16(18-10)20-12-4-8-14(23)9-5-12/h2-9,22-23H,1H3,(H2,17,18,19,20,21). The lowest BCUT2D eigenvalue weighted by molar-refractivity contribution is 0.475. The third-order valence-electron chi connectivity index (χ3n) is 2.99. The third-order valence-corrected chi connectivity index (χ3v) is 2.99. The monoisotopic (exact) mass is 309 g/mol. The second-order valence-electron chi connectivity index (χ2n) is 4.87. The fraction of sp³-hybridized carbons (Fsp3) is 0.0625. The number of anilines is 4. The molecule has 0 spiro atoms. The van der Waals surface area contributed by atoms with Crippen molar-refractivity contribution in [1.29, 1.82) is 0 Å². The first kappa shape index (κ1) is 14.6. The van der Waals surface area contributed by atoms with Crippen LogP contribution in [0.25, 0.3) is 0 Å². The first-order valence-corrected chi connectivity index (χ1v) is 6.93. The molecule has 0 unspecified atom stereocenters. The van der Waals surface area contributed by atoms with Crippen LogP contribution in [0, 0.1) is 6.92 Å². The lowest BCUT2D eigenvalue weighted by Crippen LogP contribution is -2.05. The van der Waals surface area contributed by atoms with Crippen molar-refractivity contribution in [2.75, 3.05) is 10.6 Å². The maximum atomic E-state index is 9.30. The second-order valence-corrected chi connectivity index (χ2v) is 4.87. The van der Waals surface area contributed by atoms with Gasteiger partial charge >= 0.3 is 0 Å². The van der Waals surface area contributed by atoms with Gasteiger partial charge in [0, 0.05) is 11.4 Å². The van der Waals surface area contributed by atoms with Crippen molar-refractivity contribution in [3.63, 3.8) is 0 Å². The molecule has 3 aromatic rings. The average Bonchev–Trinajstić information content (AvgIpc) is 2.51. The van der Waals surface area contributed by atoms with E-state index in [2.05, 4.69) is 25.6 Å². The summed E-state index contributed by atoms with van der Waals surface area (Å²) >= 11 is 0. The van der Waals surface area contributed by atoms with Gasteiger partial charge in [-0.15, -0.1) is 0 Å². The molecular formula is C16H15N5O2. The highest BCUT2D eigenvalue weighted by molar-refractivity contribution is 5.58. The van der Waals surface area contributed by atoms with Gasteiger partial charge in [-0.05, 0) is 55.5 Å². The van der Waals surface area contributed by atoms with E-state index in [1.807, 2.05) is 0 Å². The van der Waals surface area contributed by atoms with Gasteiger partial charge in [-0.3, -0.25) is 0 Å². The van der Waals surface area contributed by atoms with Crippen LogP contribution >= 0.6 is 0 Å². The van der Waals surface area contributed by atoms with Crippen molar-refractivity contribution in [1.82, 2.24) is 15.0 Å².